The first-order valence-corrected chi connectivity index (χ1v) is 4.67. The molecular weight excluding hydrogens is 205 g/mol. The number of phenols is 1. The first-order valence-electron chi connectivity index (χ1n) is 4.67. The van der Waals surface area contributed by atoms with Gasteiger partial charge in [0.1, 0.15) is 11.6 Å². The van der Waals surface area contributed by atoms with Crippen molar-refractivity contribution in [3.8, 4) is 16.9 Å². The topological polar surface area (TPSA) is 24.6 Å². The second kappa shape index (κ2) is 4.03. The quantitative estimate of drug-likeness (QED) is 0.717. The monoisotopic (exact) mass is 213 g/mol. The van der Waals surface area contributed by atoms with Crippen LogP contribution in [-0.2, 0) is 0 Å². The van der Waals surface area contributed by atoms with Crippen LogP contribution < -0.4 is 0 Å². The maximum absolute atomic E-state index is 13.4. The number of rotatable bonds is 1. The molecule has 0 saturated heterocycles. The summed E-state index contributed by atoms with van der Waals surface area (Å²) in [5.74, 6) is -0.359. The number of nitrogens with zero attached hydrogens (tertiary/aromatic N) is 1. The molecule has 0 atom stereocenters. The smallest absolute Gasteiger partial charge is 0.222 e. The highest BCUT2D eigenvalue weighted by Gasteiger charge is 2.04. The SMILES string of the molecule is [C-]#[N+]c1ccc(-c2ccc(O)cc2)cc1F. The first kappa shape index (κ1) is 10.2. The lowest BCUT2D eigenvalue weighted by atomic mass is 10.1. The number of hydrogen-bond donors (Lipinski definition) is 1. The van der Waals surface area contributed by atoms with Gasteiger partial charge in [0.2, 0.25) is 5.69 Å². The van der Waals surface area contributed by atoms with Crippen molar-refractivity contribution in [1.29, 1.82) is 0 Å². The predicted molar refractivity (Wildman–Crippen MR) is 59.8 cm³/mol. The summed E-state index contributed by atoms with van der Waals surface area (Å²) in [6, 6.07) is 10.9. The van der Waals surface area contributed by atoms with E-state index in [2.05, 4.69) is 4.85 Å². The van der Waals surface area contributed by atoms with E-state index in [1.54, 1.807) is 18.2 Å². The Morgan fingerprint density at radius 1 is 1.00 bits per heavy atom. The molecule has 0 aliphatic rings. The lowest BCUT2D eigenvalue weighted by Gasteiger charge is -2.02. The molecule has 2 aromatic rings. The Balaban J connectivity index is 2.46. The minimum atomic E-state index is -0.527. The lowest BCUT2D eigenvalue weighted by molar-refractivity contribution is 0.475. The molecule has 0 fully saturated rings. The highest BCUT2D eigenvalue weighted by atomic mass is 19.1. The maximum Gasteiger partial charge on any atom is 0.222 e. The molecule has 78 valence electrons. The molecule has 16 heavy (non-hydrogen) atoms. The highest BCUT2D eigenvalue weighted by molar-refractivity contribution is 5.67. The molecule has 2 aromatic carbocycles. The van der Waals surface area contributed by atoms with E-state index >= 15 is 0 Å². The van der Waals surface area contributed by atoms with Crippen molar-refractivity contribution >= 4 is 5.69 Å². The van der Waals surface area contributed by atoms with Crippen molar-refractivity contribution in [2.45, 2.75) is 0 Å². The summed E-state index contributed by atoms with van der Waals surface area (Å²) in [6.07, 6.45) is 0. The van der Waals surface area contributed by atoms with E-state index in [0.717, 1.165) is 5.56 Å². The van der Waals surface area contributed by atoms with Gasteiger partial charge < -0.3 is 5.11 Å². The summed E-state index contributed by atoms with van der Waals surface area (Å²) < 4.78 is 13.4. The van der Waals surface area contributed by atoms with Crippen molar-refractivity contribution in [2.24, 2.45) is 0 Å². The minimum absolute atomic E-state index is 0.0162. The average Bonchev–Trinajstić information content (AvgIpc) is 2.30. The molecule has 0 radical (unpaired) electrons. The predicted octanol–water partition coefficient (Wildman–Crippen LogP) is 3.75. The molecule has 0 saturated carbocycles. The molecule has 0 aliphatic carbocycles. The molecule has 0 unspecified atom stereocenters. The fourth-order valence-corrected chi connectivity index (χ4v) is 1.43. The van der Waals surface area contributed by atoms with Crippen LogP contribution in [-0.4, -0.2) is 5.11 Å². The Morgan fingerprint density at radius 2 is 1.62 bits per heavy atom. The summed E-state index contributed by atoms with van der Waals surface area (Å²) >= 11 is 0. The van der Waals surface area contributed by atoms with Crippen LogP contribution >= 0.6 is 0 Å². The van der Waals surface area contributed by atoms with Gasteiger partial charge in [0.05, 0.1) is 6.57 Å². The van der Waals surface area contributed by atoms with Crippen molar-refractivity contribution in [3.05, 3.63) is 59.7 Å². The second-order valence-corrected chi connectivity index (χ2v) is 3.32. The van der Waals surface area contributed by atoms with E-state index < -0.39 is 5.82 Å². The Morgan fingerprint density at radius 3 is 2.19 bits per heavy atom. The van der Waals surface area contributed by atoms with Gasteiger partial charge in [-0.1, -0.05) is 24.3 Å². The Kier molecular flexibility index (Phi) is 2.57. The molecule has 0 aliphatic heterocycles. The fraction of sp³-hybridized carbons (Fsp3) is 0. The molecule has 0 aromatic heterocycles. The van der Waals surface area contributed by atoms with Gasteiger partial charge >= 0.3 is 0 Å². The molecule has 0 amide bonds. The van der Waals surface area contributed by atoms with E-state index in [-0.39, 0.29) is 11.4 Å². The number of aromatic hydroxyl groups is 1. The van der Waals surface area contributed by atoms with Gasteiger partial charge in [0, 0.05) is 0 Å². The van der Waals surface area contributed by atoms with Crippen LogP contribution in [0.5, 0.6) is 5.75 Å². The van der Waals surface area contributed by atoms with Crippen LogP contribution in [0.2, 0.25) is 0 Å². The van der Waals surface area contributed by atoms with E-state index in [4.69, 9.17) is 11.7 Å². The van der Waals surface area contributed by atoms with E-state index in [0.29, 0.717) is 5.56 Å². The van der Waals surface area contributed by atoms with Crippen molar-refractivity contribution < 1.29 is 9.50 Å². The van der Waals surface area contributed by atoms with E-state index in [9.17, 15) is 4.39 Å². The molecule has 0 bridgehead atoms. The standard InChI is InChI=1S/C13H8FNO/c1-15-13-7-4-10(8-12(13)14)9-2-5-11(16)6-3-9/h2-8,16H. The molecule has 0 spiro atoms. The third kappa shape index (κ3) is 1.86. The molecule has 0 heterocycles. The van der Waals surface area contributed by atoms with Gasteiger partial charge in [-0.05, 0) is 29.3 Å². The summed E-state index contributed by atoms with van der Waals surface area (Å²) in [6.45, 7) is 6.74. The van der Waals surface area contributed by atoms with Crippen LogP contribution in [0.1, 0.15) is 0 Å². The molecule has 2 rings (SSSR count). The number of hydrogen-bond acceptors (Lipinski definition) is 1. The van der Waals surface area contributed by atoms with Crippen LogP contribution in [0.3, 0.4) is 0 Å². The molecular formula is C13H8FNO. The zero-order chi connectivity index (χ0) is 11.5. The molecule has 1 N–H and O–H groups in total. The summed E-state index contributed by atoms with van der Waals surface area (Å²) in [5.41, 5.74) is 1.50. The molecule has 3 heteroatoms. The lowest BCUT2D eigenvalue weighted by Crippen LogP contribution is -1.80. The van der Waals surface area contributed by atoms with Gasteiger partial charge in [0.15, 0.2) is 0 Å². The fourth-order valence-electron chi connectivity index (χ4n) is 1.43. The zero-order valence-corrected chi connectivity index (χ0v) is 8.31. The summed E-state index contributed by atoms with van der Waals surface area (Å²) in [5, 5.41) is 9.13. The zero-order valence-electron chi connectivity index (χ0n) is 8.31. The summed E-state index contributed by atoms with van der Waals surface area (Å²) in [4.78, 5) is 3.05. The van der Waals surface area contributed by atoms with Gasteiger partial charge in [0.25, 0.3) is 0 Å². The van der Waals surface area contributed by atoms with Gasteiger partial charge in [-0.25, -0.2) is 9.24 Å². The number of phenolic OH excluding ortho intramolecular Hbond substituents is 1. The van der Waals surface area contributed by atoms with Crippen LogP contribution in [0, 0.1) is 12.4 Å². The van der Waals surface area contributed by atoms with Gasteiger partial charge in [-0.15, -0.1) is 0 Å². The highest BCUT2D eigenvalue weighted by Crippen LogP contribution is 2.26. The van der Waals surface area contributed by atoms with Crippen LogP contribution in [0.25, 0.3) is 16.0 Å². The number of halogens is 1. The Labute approximate surface area is 92.4 Å². The van der Waals surface area contributed by atoms with E-state index in [1.165, 1.54) is 24.3 Å². The third-order valence-electron chi connectivity index (χ3n) is 2.27. The van der Waals surface area contributed by atoms with Crippen LogP contribution in [0.15, 0.2) is 42.5 Å². The third-order valence-corrected chi connectivity index (χ3v) is 2.27. The number of benzene rings is 2. The van der Waals surface area contributed by atoms with Crippen LogP contribution in [0.4, 0.5) is 10.1 Å². The van der Waals surface area contributed by atoms with Gasteiger partial charge in [-0.3, -0.25) is 0 Å². The largest absolute Gasteiger partial charge is 0.508 e. The minimum Gasteiger partial charge on any atom is -0.508 e. The molecule has 2 nitrogen and oxygen atoms in total. The second-order valence-electron chi connectivity index (χ2n) is 3.32. The van der Waals surface area contributed by atoms with Crippen molar-refractivity contribution in [3.63, 3.8) is 0 Å². The normalized spacial score (nSPS) is 9.75. The maximum atomic E-state index is 13.4. The van der Waals surface area contributed by atoms with Gasteiger partial charge in [-0.2, -0.15) is 0 Å². The Hall–Kier alpha value is -2.34. The van der Waals surface area contributed by atoms with E-state index in [1.807, 2.05) is 0 Å². The van der Waals surface area contributed by atoms with Crippen molar-refractivity contribution in [2.75, 3.05) is 0 Å². The van der Waals surface area contributed by atoms with Crippen molar-refractivity contribution in [1.82, 2.24) is 0 Å². The Bertz CT molecular complexity index is 555. The average molecular weight is 213 g/mol. The first-order chi connectivity index (χ1) is 7.70. The summed E-state index contributed by atoms with van der Waals surface area (Å²) in [7, 11) is 0.